The van der Waals surface area contributed by atoms with Gasteiger partial charge in [0.1, 0.15) is 0 Å². The van der Waals surface area contributed by atoms with Gasteiger partial charge in [-0.2, -0.15) is 13.9 Å². The molecule has 0 aliphatic heterocycles. The molecule has 2 rings (SSSR count). The lowest BCUT2D eigenvalue weighted by Crippen LogP contribution is -2.36. The van der Waals surface area contributed by atoms with Crippen molar-refractivity contribution < 1.29 is 18.4 Å². The van der Waals surface area contributed by atoms with E-state index in [1.807, 2.05) is 5.43 Å². The predicted octanol–water partition coefficient (Wildman–Crippen LogP) is 3.17. The molecule has 1 aromatic carbocycles. The van der Waals surface area contributed by atoms with Gasteiger partial charge in [0.2, 0.25) is 5.91 Å². The summed E-state index contributed by atoms with van der Waals surface area (Å²) in [5, 5.41) is 6.12. The minimum absolute atomic E-state index is 0.0922. The third kappa shape index (κ3) is 4.34. The Morgan fingerprint density at radius 2 is 1.78 bits per heavy atom. The summed E-state index contributed by atoms with van der Waals surface area (Å²) in [6.07, 6.45) is 4.43. The van der Waals surface area contributed by atoms with Gasteiger partial charge in [0.05, 0.1) is 11.3 Å². The van der Waals surface area contributed by atoms with Crippen molar-refractivity contribution in [2.75, 3.05) is 5.32 Å². The molecule has 1 aliphatic carbocycles. The van der Waals surface area contributed by atoms with Gasteiger partial charge in [-0.25, -0.2) is 5.43 Å². The van der Waals surface area contributed by atoms with Crippen molar-refractivity contribution in [1.29, 1.82) is 0 Å². The van der Waals surface area contributed by atoms with Crippen molar-refractivity contribution in [3.8, 4) is 0 Å². The molecule has 1 aliphatic rings. The van der Waals surface area contributed by atoms with Crippen LogP contribution in [0.25, 0.3) is 0 Å². The fourth-order valence-electron chi connectivity index (χ4n) is 2.45. The van der Waals surface area contributed by atoms with E-state index in [0.29, 0.717) is 12.8 Å². The molecule has 0 spiro atoms. The third-order valence-corrected chi connectivity index (χ3v) is 3.61. The van der Waals surface area contributed by atoms with Crippen molar-refractivity contribution in [3.05, 3.63) is 29.8 Å². The van der Waals surface area contributed by atoms with Gasteiger partial charge in [0.25, 0.3) is 0 Å². The van der Waals surface area contributed by atoms with E-state index >= 15 is 0 Å². The molecular formula is C16H19F2N3O2. The van der Waals surface area contributed by atoms with Crippen LogP contribution >= 0.6 is 0 Å². The van der Waals surface area contributed by atoms with E-state index in [4.69, 9.17) is 0 Å². The lowest BCUT2D eigenvalue weighted by atomic mass is 9.99. The molecule has 0 radical (unpaired) electrons. The van der Waals surface area contributed by atoms with Crippen molar-refractivity contribution in [3.63, 3.8) is 0 Å². The summed E-state index contributed by atoms with van der Waals surface area (Å²) in [4.78, 5) is 23.0. The first kappa shape index (κ1) is 17.1. The number of hydrogen-bond donors (Lipinski definition) is 2. The summed E-state index contributed by atoms with van der Waals surface area (Å²) in [5.74, 6) is -5.79. The SMILES string of the molecule is CC(=O)Nc1ccccc1C(F)(F)C(=O)NN=C1CCCCC1. The second-order valence-electron chi connectivity index (χ2n) is 5.48. The number of anilines is 1. The van der Waals surface area contributed by atoms with Crippen molar-refractivity contribution in [1.82, 2.24) is 5.43 Å². The fraction of sp³-hybridized carbons (Fsp3) is 0.438. The average Bonchev–Trinajstić information content (AvgIpc) is 2.53. The third-order valence-electron chi connectivity index (χ3n) is 3.61. The largest absolute Gasteiger partial charge is 0.353 e. The van der Waals surface area contributed by atoms with Crippen LogP contribution in [0.1, 0.15) is 44.6 Å². The summed E-state index contributed by atoms with van der Waals surface area (Å²) in [6, 6.07) is 5.32. The molecule has 0 heterocycles. The number of amides is 2. The number of hydrogen-bond acceptors (Lipinski definition) is 3. The average molecular weight is 323 g/mol. The van der Waals surface area contributed by atoms with Gasteiger partial charge in [-0.1, -0.05) is 24.6 Å². The maximum Gasteiger partial charge on any atom is 0.353 e. The number of para-hydroxylation sites is 1. The van der Waals surface area contributed by atoms with Crippen LogP contribution in [0.15, 0.2) is 29.4 Å². The van der Waals surface area contributed by atoms with Gasteiger partial charge < -0.3 is 5.32 Å². The van der Waals surface area contributed by atoms with E-state index in [2.05, 4.69) is 10.4 Å². The number of halogens is 2. The van der Waals surface area contributed by atoms with E-state index in [1.54, 1.807) is 0 Å². The topological polar surface area (TPSA) is 70.6 Å². The zero-order valence-electron chi connectivity index (χ0n) is 12.9. The minimum atomic E-state index is -3.79. The second kappa shape index (κ2) is 7.30. The molecule has 0 atom stereocenters. The van der Waals surface area contributed by atoms with Crippen molar-refractivity contribution >= 4 is 23.2 Å². The Hall–Kier alpha value is -2.31. The molecule has 0 bridgehead atoms. The monoisotopic (exact) mass is 323 g/mol. The van der Waals surface area contributed by atoms with Crippen LogP contribution in [0, 0.1) is 0 Å². The summed E-state index contributed by atoms with van der Waals surface area (Å²) in [7, 11) is 0. The molecule has 2 amide bonds. The highest BCUT2D eigenvalue weighted by Crippen LogP contribution is 2.33. The van der Waals surface area contributed by atoms with Gasteiger partial charge in [-0.3, -0.25) is 9.59 Å². The number of nitrogens with zero attached hydrogens (tertiary/aromatic N) is 1. The molecule has 5 nitrogen and oxygen atoms in total. The van der Waals surface area contributed by atoms with E-state index in [-0.39, 0.29) is 5.69 Å². The van der Waals surface area contributed by atoms with Crippen LogP contribution in [-0.4, -0.2) is 17.5 Å². The molecule has 23 heavy (non-hydrogen) atoms. The number of carbonyl (C=O) groups excluding carboxylic acids is 2. The smallest absolute Gasteiger partial charge is 0.326 e. The first-order valence-corrected chi connectivity index (χ1v) is 7.52. The van der Waals surface area contributed by atoms with Gasteiger partial charge in [0.15, 0.2) is 0 Å². The zero-order chi connectivity index (χ0) is 16.9. The van der Waals surface area contributed by atoms with Crippen LogP contribution in [0.5, 0.6) is 0 Å². The maximum atomic E-state index is 14.4. The summed E-state index contributed by atoms with van der Waals surface area (Å²) < 4.78 is 28.8. The van der Waals surface area contributed by atoms with Gasteiger partial charge >= 0.3 is 11.8 Å². The predicted molar refractivity (Wildman–Crippen MR) is 83.3 cm³/mol. The van der Waals surface area contributed by atoms with E-state index in [1.165, 1.54) is 25.1 Å². The Morgan fingerprint density at radius 3 is 2.43 bits per heavy atom. The van der Waals surface area contributed by atoms with Crippen LogP contribution in [0.4, 0.5) is 14.5 Å². The Kier molecular flexibility index (Phi) is 5.41. The Bertz CT molecular complexity index is 622. The van der Waals surface area contributed by atoms with Gasteiger partial charge in [-0.15, -0.1) is 0 Å². The van der Waals surface area contributed by atoms with Crippen LogP contribution < -0.4 is 10.7 Å². The molecule has 1 saturated carbocycles. The number of alkyl halides is 2. The highest BCUT2D eigenvalue weighted by atomic mass is 19.3. The number of nitrogens with one attached hydrogen (secondary N) is 2. The molecule has 0 unspecified atom stereocenters. The molecule has 0 saturated heterocycles. The fourth-order valence-corrected chi connectivity index (χ4v) is 2.45. The van der Waals surface area contributed by atoms with Crippen molar-refractivity contribution in [2.45, 2.75) is 45.0 Å². The van der Waals surface area contributed by atoms with E-state index in [0.717, 1.165) is 31.0 Å². The van der Waals surface area contributed by atoms with Crippen molar-refractivity contribution in [2.24, 2.45) is 5.10 Å². The van der Waals surface area contributed by atoms with Gasteiger partial charge in [-0.05, 0) is 31.7 Å². The van der Waals surface area contributed by atoms with E-state index < -0.39 is 23.3 Å². The molecule has 2 N–H and O–H groups in total. The highest BCUT2D eigenvalue weighted by Gasteiger charge is 2.43. The molecule has 7 heteroatoms. The van der Waals surface area contributed by atoms with Gasteiger partial charge in [0, 0.05) is 12.6 Å². The summed E-state index contributed by atoms with van der Waals surface area (Å²) >= 11 is 0. The molecule has 1 aromatic rings. The Labute approximate surface area is 133 Å². The van der Waals surface area contributed by atoms with Crippen LogP contribution in [-0.2, 0) is 15.5 Å². The number of carbonyl (C=O) groups is 2. The molecule has 1 fully saturated rings. The maximum absolute atomic E-state index is 14.4. The van der Waals surface area contributed by atoms with Crippen LogP contribution in [0.2, 0.25) is 0 Å². The lowest BCUT2D eigenvalue weighted by Gasteiger charge is -2.19. The molecular weight excluding hydrogens is 304 g/mol. The zero-order valence-corrected chi connectivity index (χ0v) is 12.9. The number of hydrazone groups is 1. The second-order valence-corrected chi connectivity index (χ2v) is 5.48. The first-order valence-electron chi connectivity index (χ1n) is 7.52. The lowest BCUT2D eigenvalue weighted by molar-refractivity contribution is -0.146. The van der Waals surface area contributed by atoms with E-state index in [9.17, 15) is 18.4 Å². The minimum Gasteiger partial charge on any atom is -0.326 e. The summed E-state index contributed by atoms with van der Waals surface area (Å²) in [6.45, 7) is 1.21. The highest BCUT2D eigenvalue weighted by molar-refractivity contribution is 5.93. The number of rotatable bonds is 4. The molecule has 124 valence electrons. The summed E-state index contributed by atoms with van der Waals surface area (Å²) in [5.41, 5.74) is 2.04. The number of benzene rings is 1. The standard InChI is InChI=1S/C16H19F2N3O2/c1-11(22)19-14-10-6-5-9-13(14)16(17,18)15(23)21-20-12-7-3-2-4-8-12/h5-6,9-10H,2-4,7-8H2,1H3,(H,19,22)(H,21,23). The first-order chi connectivity index (χ1) is 10.9. The Balaban J connectivity index is 2.16. The molecule has 0 aromatic heterocycles. The normalized spacial score (nSPS) is 15.0. The quantitative estimate of drug-likeness (QED) is 0.836. The van der Waals surface area contributed by atoms with Crippen LogP contribution in [0.3, 0.4) is 0 Å². The Morgan fingerprint density at radius 1 is 1.13 bits per heavy atom.